The molecule has 8 nitrogen and oxygen atoms in total. The van der Waals surface area contributed by atoms with Gasteiger partial charge in [0.05, 0.1) is 0 Å². The molecule has 1 aromatic carbocycles. The number of nitrogens with zero attached hydrogens (tertiary/aromatic N) is 2. The average Bonchev–Trinajstić information content (AvgIpc) is 2.80. The summed E-state index contributed by atoms with van der Waals surface area (Å²) in [7, 11) is 0. The number of fused-ring (bicyclic) bond motifs is 1. The molecule has 170 valence electrons. The first-order valence-electron chi connectivity index (χ1n) is 10.8. The molecule has 4 rings (SSSR count). The fourth-order valence-corrected chi connectivity index (χ4v) is 4.67. The number of amides is 2. The van der Waals surface area contributed by atoms with Crippen LogP contribution < -0.4 is 10.7 Å². The van der Waals surface area contributed by atoms with Crippen LogP contribution in [0.25, 0.3) is 0 Å². The minimum Gasteiger partial charge on any atom is -0.503 e. The van der Waals surface area contributed by atoms with Gasteiger partial charge in [0.15, 0.2) is 11.4 Å². The topological polar surface area (TPSA) is 112 Å². The molecule has 2 aromatic rings. The van der Waals surface area contributed by atoms with E-state index in [-0.39, 0.29) is 36.4 Å². The van der Waals surface area contributed by atoms with E-state index in [2.05, 4.69) is 5.32 Å². The molecule has 2 atom stereocenters. The van der Waals surface area contributed by atoms with Crippen LogP contribution in [0.3, 0.4) is 0 Å². The van der Waals surface area contributed by atoms with Gasteiger partial charge in [0.1, 0.15) is 11.4 Å². The van der Waals surface area contributed by atoms with Gasteiger partial charge in [0.25, 0.3) is 11.8 Å². The lowest BCUT2D eigenvalue weighted by atomic mass is 9.83. The standard InChI is InChI=1S/C23H26FN3O5/c24-16-7-5-14(6-8-16)11-25-22(31)17-12-26-9-10-27(18-4-2-1-3-15(18)13-28)23(32)19(26)21(30)20(17)29/h5-8,12,15,18,28,30H,1-4,9-11,13H2,(H,25,31)/t15?,18-/m0/s1. The van der Waals surface area contributed by atoms with E-state index in [4.69, 9.17) is 0 Å². The highest BCUT2D eigenvalue weighted by molar-refractivity contribution is 5.99. The van der Waals surface area contributed by atoms with Crippen LogP contribution in [-0.2, 0) is 13.1 Å². The Bertz CT molecular complexity index is 1080. The van der Waals surface area contributed by atoms with Crippen molar-refractivity contribution in [3.8, 4) is 5.75 Å². The molecule has 1 fully saturated rings. The monoisotopic (exact) mass is 443 g/mol. The van der Waals surface area contributed by atoms with Gasteiger partial charge in [-0.25, -0.2) is 4.39 Å². The maximum absolute atomic E-state index is 13.2. The second kappa shape index (κ2) is 9.12. The molecule has 1 aromatic heterocycles. The lowest BCUT2D eigenvalue weighted by Gasteiger charge is -2.42. The van der Waals surface area contributed by atoms with E-state index in [0.717, 1.165) is 25.7 Å². The van der Waals surface area contributed by atoms with Gasteiger partial charge in [0.2, 0.25) is 5.43 Å². The number of aromatic hydroxyl groups is 1. The van der Waals surface area contributed by atoms with Crippen LogP contribution in [0.15, 0.2) is 35.3 Å². The Kier molecular flexibility index (Phi) is 6.27. The molecule has 0 spiro atoms. The Morgan fingerprint density at radius 1 is 1.12 bits per heavy atom. The summed E-state index contributed by atoms with van der Waals surface area (Å²) in [5, 5.41) is 22.8. The number of aliphatic hydroxyl groups is 1. The van der Waals surface area contributed by atoms with Crippen molar-refractivity contribution < 1.29 is 24.2 Å². The number of rotatable bonds is 5. The highest BCUT2D eigenvalue weighted by atomic mass is 19.1. The molecule has 2 amide bonds. The van der Waals surface area contributed by atoms with E-state index >= 15 is 0 Å². The Morgan fingerprint density at radius 3 is 2.56 bits per heavy atom. The molecule has 3 N–H and O–H groups in total. The van der Waals surface area contributed by atoms with Crippen LogP contribution in [0.4, 0.5) is 4.39 Å². The second-order valence-corrected chi connectivity index (χ2v) is 8.36. The van der Waals surface area contributed by atoms with Crippen LogP contribution >= 0.6 is 0 Å². The van der Waals surface area contributed by atoms with Gasteiger partial charge in [-0.15, -0.1) is 0 Å². The summed E-state index contributed by atoms with van der Waals surface area (Å²) < 4.78 is 14.5. The number of carbonyl (C=O) groups excluding carboxylic acids is 2. The highest BCUT2D eigenvalue weighted by Crippen LogP contribution is 2.31. The van der Waals surface area contributed by atoms with E-state index in [1.54, 1.807) is 4.90 Å². The summed E-state index contributed by atoms with van der Waals surface area (Å²) in [5.74, 6) is -2.31. The fourth-order valence-electron chi connectivity index (χ4n) is 4.67. The number of aliphatic hydroxyl groups excluding tert-OH is 1. The summed E-state index contributed by atoms with van der Waals surface area (Å²) in [4.78, 5) is 40.1. The number of hydrogen-bond acceptors (Lipinski definition) is 5. The van der Waals surface area contributed by atoms with Gasteiger partial charge in [-0.2, -0.15) is 0 Å². The summed E-state index contributed by atoms with van der Waals surface area (Å²) in [5.41, 5.74) is -0.650. The Balaban J connectivity index is 1.56. The van der Waals surface area contributed by atoms with Gasteiger partial charge < -0.3 is 25.0 Å². The molecule has 32 heavy (non-hydrogen) atoms. The zero-order valence-corrected chi connectivity index (χ0v) is 17.6. The quantitative estimate of drug-likeness (QED) is 0.650. The van der Waals surface area contributed by atoms with Crippen molar-refractivity contribution in [1.29, 1.82) is 0 Å². The molecule has 1 saturated carbocycles. The fraction of sp³-hybridized carbons (Fsp3) is 0.435. The van der Waals surface area contributed by atoms with Gasteiger partial charge in [-0.05, 0) is 30.5 Å². The molecule has 1 aliphatic heterocycles. The number of benzene rings is 1. The summed E-state index contributed by atoms with van der Waals surface area (Å²) in [6, 6.07) is 5.44. The van der Waals surface area contributed by atoms with Gasteiger partial charge >= 0.3 is 0 Å². The van der Waals surface area contributed by atoms with Crippen molar-refractivity contribution in [3.05, 3.63) is 63.3 Å². The third-order valence-corrected chi connectivity index (χ3v) is 6.42. The van der Waals surface area contributed by atoms with Crippen LogP contribution in [0.5, 0.6) is 5.75 Å². The largest absolute Gasteiger partial charge is 0.503 e. The Morgan fingerprint density at radius 2 is 1.84 bits per heavy atom. The maximum Gasteiger partial charge on any atom is 0.274 e. The first-order valence-corrected chi connectivity index (χ1v) is 10.8. The van der Waals surface area contributed by atoms with E-state index in [0.29, 0.717) is 18.7 Å². The van der Waals surface area contributed by atoms with Crippen LogP contribution in [0.1, 0.15) is 52.1 Å². The third kappa shape index (κ3) is 4.12. The number of halogens is 1. The zero-order chi connectivity index (χ0) is 22.8. The molecule has 2 aliphatic rings. The van der Waals surface area contributed by atoms with Crippen molar-refractivity contribution >= 4 is 11.8 Å². The predicted octanol–water partition coefficient (Wildman–Crippen LogP) is 1.63. The lowest BCUT2D eigenvalue weighted by molar-refractivity contribution is 0.0359. The molecule has 0 bridgehead atoms. The van der Waals surface area contributed by atoms with Gasteiger partial charge in [-0.3, -0.25) is 14.4 Å². The lowest BCUT2D eigenvalue weighted by Crippen LogP contribution is -2.52. The molecule has 0 radical (unpaired) electrons. The van der Waals surface area contributed by atoms with Crippen LogP contribution in [0, 0.1) is 11.7 Å². The van der Waals surface area contributed by atoms with Crippen molar-refractivity contribution in [2.75, 3.05) is 13.2 Å². The minimum atomic E-state index is -0.912. The molecule has 9 heteroatoms. The number of nitrogens with one attached hydrogen (secondary N) is 1. The summed E-state index contributed by atoms with van der Waals surface area (Å²) in [6.45, 7) is 0.756. The zero-order valence-electron chi connectivity index (χ0n) is 17.6. The van der Waals surface area contributed by atoms with Crippen molar-refractivity contribution in [2.24, 2.45) is 5.92 Å². The number of aromatic nitrogens is 1. The van der Waals surface area contributed by atoms with E-state index in [9.17, 15) is 29.0 Å². The summed E-state index contributed by atoms with van der Waals surface area (Å²) >= 11 is 0. The molecule has 1 unspecified atom stereocenters. The Hall–Kier alpha value is -3.20. The van der Waals surface area contributed by atoms with Gasteiger partial charge in [0, 0.05) is 44.4 Å². The molecule has 1 aliphatic carbocycles. The molecule has 2 heterocycles. The van der Waals surface area contributed by atoms with E-state index < -0.39 is 28.8 Å². The van der Waals surface area contributed by atoms with Crippen molar-refractivity contribution in [2.45, 2.75) is 44.8 Å². The van der Waals surface area contributed by atoms with Crippen molar-refractivity contribution in [1.82, 2.24) is 14.8 Å². The van der Waals surface area contributed by atoms with Gasteiger partial charge in [-0.1, -0.05) is 25.0 Å². The molecule has 0 saturated heterocycles. The molecular formula is C23H26FN3O5. The van der Waals surface area contributed by atoms with Crippen LogP contribution in [-0.4, -0.2) is 50.7 Å². The predicted molar refractivity (Wildman–Crippen MR) is 114 cm³/mol. The number of pyridine rings is 1. The first-order chi connectivity index (χ1) is 15.4. The van der Waals surface area contributed by atoms with Crippen molar-refractivity contribution in [3.63, 3.8) is 0 Å². The number of hydrogen-bond donors (Lipinski definition) is 3. The third-order valence-electron chi connectivity index (χ3n) is 6.42. The smallest absolute Gasteiger partial charge is 0.274 e. The minimum absolute atomic E-state index is 0.0135. The van der Waals surface area contributed by atoms with Crippen LogP contribution in [0.2, 0.25) is 0 Å². The SMILES string of the molecule is O=C(NCc1ccc(F)cc1)c1cn2c(c(O)c1=O)C(=O)N([C@H]1CCCCC1CO)CC2. The summed E-state index contributed by atoms with van der Waals surface area (Å²) in [6.07, 6.45) is 4.86. The van der Waals surface area contributed by atoms with E-state index in [1.807, 2.05) is 0 Å². The Labute approximate surface area is 184 Å². The first kappa shape index (κ1) is 22.0. The molecular weight excluding hydrogens is 417 g/mol. The van der Waals surface area contributed by atoms with E-state index in [1.165, 1.54) is 35.0 Å². The second-order valence-electron chi connectivity index (χ2n) is 8.36. The highest BCUT2D eigenvalue weighted by Gasteiger charge is 2.38. The number of carbonyl (C=O) groups is 2. The normalized spacial score (nSPS) is 20.7. The average molecular weight is 443 g/mol. The maximum atomic E-state index is 13.2.